The van der Waals surface area contributed by atoms with E-state index in [0.29, 0.717) is 0 Å². The van der Waals surface area contributed by atoms with Gasteiger partial charge in [0.15, 0.2) is 5.82 Å². The molecule has 1 aromatic carbocycles. The van der Waals surface area contributed by atoms with Crippen LogP contribution in [0.3, 0.4) is 0 Å². The van der Waals surface area contributed by atoms with Gasteiger partial charge in [-0.1, -0.05) is 18.6 Å². The van der Waals surface area contributed by atoms with E-state index in [9.17, 15) is 0 Å². The van der Waals surface area contributed by atoms with Crippen LogP contribution in [0.2, 0.25) is 0 Å². The zero-order valence-electron chi connectivity index (χ0n) is 9.51. The Balaban J connectivity index is 1.76. The molecule has 1 heterocycles. The summed E-state index contributed by atoms with van der Waals surface area (Å²) in [6.07, 6.45) is 5.92. The molecule has 88 valence electrons. The number of benzene rings is 1. The minimum atomic E-state index is 0.821. The van der Waals surface area contributed by atoms with Gasteiger partial charge in [0.25, 0.3) is 0 Å². The molecule has 3 nitrogen and oxygen atoms in total. The van der Waals surface area contributed by atoms with Crippen molar-refractivity contribution in [3.05, 3.63) is 34.2 Å². The smallest absolute Gasteiger partial charge is 0.181 e. The molecule has 1 fully saturated rings. The highest BCUT2D eigenvalue weighted by atomic mass is 127. The Kier molecular flexibility index (Phi) is 3.13. The highest BCUT2D eigenvalue weighted by molar-refractivity contribution is 14.1. The minimum absolute atomic E-state index is 0.821. The molecule has 1 saturated carbocycles. The average molecular weight is 339 g/mol. The van der Waals surface area contributed by atoms with Crippen LogP contribution in [0.25, 0.3) is 11.4 Å². The molecule has 2 aromatic rings. The van der Waals surface area contributed by atoms with Gasteiger partial charge in [-0.2, -0.15) is 5.10 Å². The molecule has 4 heteroatoms. The largest absolute Gasteiger partial charge is 0.252 e. The van der Waals surface area contributed by atoms with Gasteiger partial charge >= 0.3 is 0 Å². The predicted molar refractivity (Wildman–Crippen MR) is 75.5 cm³/mol. The Labute approximate surface area is 114 Å². The first-order chi connectivity index (χ1) is 8.31. The summed E-state index contributed by atoms with van der Waals surface area (Å²) in [5, 5.41) is 4.54. The zero-order valence-corrected chi connectivity index (χ0v) is 11.7. The lowest BCUT2D eigenvalue weighted by Gasteiger charge is -2.24. The second-order valence-corrected chi connectivity index (χ2v) is 5.84. The summed E-state index contributed by atoms with van der Waals surface area (Å²) < 4.78 is 3.22. The highest BCUT2D eigenvalue weighted by Crippen LogP contribution is 2.27. The highest BCUT2D eigenvalue weighted by Gasteiger charge is 2.18. The Bertz CT molecular complexity index is 500. The second kappa shape index (κ2) is 4.76. The lowest BCUT2D eigenvalue weighted by atomic mass is 9.86. The van der Waals surface area contributed by atoms with E-state index in [1.165, 1.54) is 22.8 Å². The van der Waals surface area contributed by atoms with Gasteiger partial charge in [-0.25, -0.2) is 4.98 Å². The van der Waals surface area contributed by atoms with Crippen LogP contribution in [0, 0.1) is 9.49 Å². The molecular formula is C13H14IN3. The lowest BCUT2D eigenvalue weighted by Crippen LogP contribution is -2.18. The third kappa shape index (κ3) is 2.51. The van der Waals surface area contributed by atoms with Crippen molar-refractivity contribution >= 4 is 22.6 Å². The average Bonchev–Trinajstić information content (AvgIpc) is 2.73. The number of hydrogen-bond acceptors (Lipinski definition) is 2. The maximum absolute atomic E-state index is 4.54. The topological polar surface area (TPSA) is 30.7 Å². The van der Waals surface area contributed by atoms with Crippen LogP contribution in [-0.2, 0) is 6.54 Å². The van der Waals surface area contributed by atoms with E-state index >= 15 is 0 Å². The summed E-state index contributed by atoms with van der Waals surface area (Å²) in [4.78, 5) is 4.38. The molecule has 0 aliphatic heterocycles. The van der Waals surface area contributed by atoms with Crippen molar-refractivity contribution in [3.8, 4) is 11.4 Å². The molecule has 0 N–H and O–H groups in total. The molecular weight excluding hydrogens is 325 g/mol. The zero-order chi connectivity index (χ0) is 11.7. The van der Waals surface area contributed by atoms with Crippen molar-refractivity contribution in [2.45, 2.75) is 25.8 Å². The quantitative estimate of drug-likeness (QED) is 0.803. The minimum Gasteiger partial charge on any atom is -0.252 e. The van der Waals surface area contributed by atoms with Crippen LogP contribution >= 0.6 is 22.6 Å². The van der Waals surface area contributed by atoms with Gasteiger partial charge < -0.3 is 0 Å². The molecule has 17 heavy (non-hydrogen) atoms. The molecule has 0 amide bonds. The number of hydrogen-bond donors (Lipinski definition) is 0. The first-order valence-corrected chi connectivity index (χ1v) is 7.04. The number of halogens is 1. The number of nitrogens with zero attached hydrogens (tertiary/aromatic N) is 3. The molecule has 3 rings (SSSR count). The number of aromatic nitrogens is 3. The number of rotatable bonds is 3. The Morgan fingerprint density at radius 2 is 2.00 bits per heavy atom. The van der Waals surface area contributed by atoms with Crippen molar-refractivity contribution in [2.24, 2.45) is 5.92 Å². The standard InChI is InChI=1S/C13H14IN3/c14-12-6-4-11(5-7-12)13-15-9-17(16-13)8-10-2-1-3-10/h4-7,9-10H,1-3,8H2. The summed E-state index contributed by atoms with van der Waals surface area (Å²) >= 11 is 2.30. The van der Waals surface area contributed by atoms with Crippen LogP contribution in [0.5, 0.6) is 0 Å². The van der Waals surface area contributed by atoms with Crippen LogP contribution in [-0.4, -0.2) is 14.8 Å². The maximum atomic E-state index is 4.54. The van der Waals surface area contributed by atoms with Crippen LogP contribution in [0.4, 0.5) is 0 Å². The molecule has 0 radical (unpaired) electrons. The SMILES string of the molecule is Ic1ccc(-c2ncn(CC3CCC3)n2)cc1. The van der Waals surface area contributed by atoms with E-state index in [1.54, 1.807) is 0 Å². The summed E-state index contributed by atoms with van der Waals surface area (Å²) in [6, 6.07) is 8.32. The van der Waals surface area contributed by atoms with Gasteiger partial charge in [0.05, 0.1) is 0 Å². The van der Waals surface area contributed by atoms with E-state index in [-0.39, 0.29) is 0 Å². The van der Waals surface area contributed by atoms with Crippen molar-refractivity contribution < 1.29 is 0 Å². The van der Waals surface area contributed by atoms with Crippen molar-refractivity contribution in [1.82, 2.24) is 14.8 Å². The van der Waals surface area contributed by atoms with Crippen LogP contribution in [0.15, 0.2) is 30.6 Å². The van der Waals surface area contributed by atoms with Crippen LogP contribution in [0.1, 0.15) is 19.3 Å². The third-order valence-corrected chi connectivity index (χ3v) is 4.03. The first kappa shape index (κ1) is 11.2. The van der Waals surface area contributed by atoms with Crippen molar-refractivity contribution in [2.75, 3.05) is 0 Å². The van der Waals surface area contributed by atoms with Gasteiger partial charge in [-0.3, -0.25) is 4.68 Å². The monoisotopic (exact) mass is 339 g/mol. The summed E-state index contributed by atoms with van der Waals surface area (Å²) in [5.74, 6) is 1.65. The van der Waals surface area contributed by atoms with Gasteiger partial charge in [-0.05, 0) is 53.5 Å². The fourth-order valence-electron chi connectivity index (χ4n) is 2.05. The van der Waals surface area contributed by atoms with E-state index in [0.717, 1.165) is 23.9 Å². The Morgan fingerprint density at radius 1 is 1.24 bits per heavy atom. The second-order valence-electron chi connectivity index (χ2n) is 4.59. The molecule has 0 atom stereocenters. The fraction of sp³-hybridized carbons (Fsp3) is 0.385. The molecule has 1 aliphatic carbocycles. The molecule has 0 bridgehead atoms. The Hall–Kier alpha value is -0.910. The molecule has 0 unspecified atom stereocenters. The first-order valence-electron chi connectivity index (χ1n) is 5.96. The van der Waals surface area contributed by atoms with E-state index < -0.39 is 0 Å². The van der Waals surface area contributed by atoms with Crippen LogP contribution < -0.4 is 0 Å². The molecule has 1 aliphatic rings. The van der Waals surface area contributed by atoms with Gasteiger partial charge in [-0.15, -0.1) is 0 Å². The van der Waals surface area contributed by atoms with E-state index in [4.69, 9.17) is 0 Å². The van der Waals surface area contributed by atoms with Gasteiger partial charge in [0.2, 0.25) is 0 Å². The van der Waals surface area contributed by atoms with Crippen molar-refractivity contribution in [3.63, 3.8) is 0 Å². The predicted octanol–water partition coefficient (Wildman–Crippen LogP) is 3.35. The van der Waals surface area contributed by atoms with Gasteiger partial charge in [0.1, 0.15) is 6.33 Å². The molecule has 0 spiro atoms. The van der Waals surface area contributed by atoms with E-state index in [1.807, 2.05) is 11.0 Å². The maximum Gasteiger partial charge on any atom is 0.181 e. The summed E-state index contributed by atoms with van der Waals surface area (Å²) in [5.41, 5.74) is 1.10. The molecule has 1 aromatic heterocycles. The Morgan fingerprint density at radius 3 is 2.65 bits per heavy atom. The van der Waals surface area contributed by atoms with Gasteiger partial charge in [0, 0.05) is 15.7 Å². The third-order valence-electron chi connectivity index (χ3n) is 3.31. The van der Waals surface area contributed by atoms with Crippen molar-refractivity contribution in [1.29, 1.82) is 0 Å². The molecule has 0 saturated heterocycles. The fourth-order valence-corrected chi connectivity index (χ4v) is 2.41. The summed E-state index contributed by atoms with van der Waals surface area (Å²) in [7, 11) is 0. The summed E-state index contributed by atoms with van der Waals surface area (Å²) in [6.45, 7) is 1.03. The van der Waals surface area contributed by atoms with E-state index in [2.05, 4.69) is 56.9 Å². The normalized spacial score (nSPS) is 15.8. The lowest BCUT2D eigenvalue weighted by molar-refractivity contribution is 0.266.